The summed E-state index contributed by atoms with van der Waals surface area (Å²) in [6, 6.07) is 5.35. The minimum atomic E-state index is -2.84. The first-order valence-corrected chi connectivity index (χ1v) is 12.3. The summed E-state index contributed by atoms with van der Waals surface area (Å²) in [5.41, 5.74) is 1.70. The van der Waals surface area contributed by atoms with Crippen LogP contribution < -0.4 is 9.64 Å². The summed E-state index contributed by atoms with van der Waals surface area (Å²) < 4.78 is 41.0. The number of rotatable bonds is 6. The van der Waals surface area contributed by atoms with Crippen molar-refractivity contribution in [2.24, 2.45) is 0 Å². The molecule has 0 N–H and O–H groups in total. The van der Waals surface area contributed by atoms with Crippen molar-refractivity contribution in [3.63, 3.8) is 0 Å². The number of benzene rings is 1. The minimum absolute atomic E-state index is 0.0136. The highest BCUT2D eigenvalue weighted by molar-refractivity contribution is 6.27. The first-order chi connectivity index (χ1) is 17.4. The largest absolute Gasteiger partial charge is 0.460 e. The van der Waals surface area contributed by atoms with E-state index >= 15 is 0 Å². The molecule has 10 nitrogen and oxygen atoms in total. The number of likely N-dealkylation sites (tertiary alicyclic amines) is 1. The normalized spacial score (nSPS) is 17.2. The van der Waals surface area contributed by atoms with E-state index in [2.05, 4.69) is 19.9 Å². The predicted octanol–water partition coefficient (Wildman–Crippen LogP) is 2.90. The number of fused-ring (bicyclic) bond motifs is 1. The smallest absolute Gasteiger partial charge is 0.323 e. The van der Waals surface area contributed by atoms with E-state index < -0.39 is 12.2 Å². The van der Waals surface area contributed by atoms with E-state index in [-0.39, 0.29) is 29.8 Å². The standard InChI is InChI=1S/C23H26ClF2N7O3/c1-14-3-2-4-16-18(14)27-20(19(25)26)33(16)22-28-21(32-9-11-35-12-10-32)29-23(30-22)36-15-5-7-31(8-6-15)17(34)13-24/h2-4,15,19H,5-13H2,1H3. The molecule has 2 aliphatic heterocycles. The Kier molecular flexibility index (Phi) is 7.15. The highest BCUT2D eigenvalue weighted by Gasteiger charge is 2.28. The number of hydrogen-bond acceptors (Lipinski definition) is 8. The number of carbonyl (C=O) groups is 1. The lowest BCUT2D eigenvalue weighted by molar-refractivity contribution is -0.130. The van der Waals surface area contributed by atoms with Gasteiger partial charge in [0.1, 0.15) is 12.0 Å². The Hall–Kier alpha value is -3.12. The van der Waals surface area contributed by atoms with Gasteiger partial charge in [0.15, 0.2) is 5.82 Å². The zero-order valence-corrected chi connectivity index (χ0v) is 20.5. The summed E-state index contributed by atoms with van der Waals surface area (Å²) in [4.78, 5) is 33.2. The quantitative estimate of drug-likeness (QED) is 0.457. The number of ether oxygens (including phenoxy) is 2. The number of carbonyl (C=O) groups excluding carboxylic acids is 1. The van der Waals surface area contributed by atoms with Gasteiger partial charge in [0, 0.05) is 39.0 Å². The van der Waals surface area contributed by atoms with Crippen molar-refractivity contribution in [2.45, 2.75) is 32.3 Å². The molecule has 3 aromatic rings. The number of para-hydroxylation sites is 1. The molecule has 1 amide bonds. The Balaban J connectivity index is 1.53. The molecule has 2 saturated heterocycles. The third kappa shape index (κ3) is 4.92. The number of piperidine rings is 1. The molecule has 36 heavy (non-hydrogen) atoms. The number of alkyl halides is 3. The Labute approximate surface area is 211 Å². The monoisotopic (exact) mass is 521 g/mol. The molecule has 1 aromatic carbocycles. The molecular weight excluding hydrogens is 496 g/mol. The second-order valence-electron chi connectivity index (χ2n) is 8.70. The van der Waals surface area contributed by atoms with E-state index in [4.69, 9.17) is 21.1 Å². The fraction of sp³-hybridized carbons (Fsp3) is 0.522. The van der Waals surface area contributed by atoms with Gasteiger partial charge in [-0.3, -0.25) is 9.36 Å². The van der Waals surface area contributed by atoms with Gasteiger partial charge in [-0.05, 0) is 18.6 Å². The number of amides is 1. The molecule has 192 valence electrons. The van der Waals surface area contributed by atoms with Gasteiger partial charge in [-0.1, -0.05) is 12.1 Å². The van der Waals surface area contributed by atoms with Gasteiger partial charge in [-0.15, -0.1) is 11.6 Å². The van der Waals surface area contributed by atoms with Crippen molar-refractivity contribution in [1.82, 2.24) is 29.4 Å². The Morgan fingerprint density at radius 2 is 1.83 bits per heavy atom. The maximum Gasteiger partial charge on any atom is 0.323 e. The van der Waals surface area contributed by atoms with Gasteiger partial charge in [0.05, 0.1) is 24.2 Å². The van der Waals surface area contributed by atoms with Crippen LogP contribution in [-0.4, -0.2) is 86.7 Å². The first-order valence-electron chi connectivity index (χ1n) is 11.8. The molecule has 2 aromatic heterocycles. The Morgan fingerprint density at radius 3 is 2.53 bits per heavy atom. The van der Waals surface area contributed by atoms with Crippen LogP contribution in [0, 0.1) is 6.92 Å². The zero-order valence-electron chi connectivity index (χ0n) is 19.7. The number of morpholine rings is 1. The number of nitrogens with zero attached hydrogens (tertiary/aromatic N) is 7. The SMILES string of the molecule is Cc1cccc2c1nc(C(F)F)n2-c1nc(OC2CCN(C(=O)CCl)CC2)nc(N2CCOCC2)n1. The van der Waals surface area contributed by atoms with E-state index in [0.717, 1.165) is 5.56 Å². The number of aromatic nitrogens is 5. The van der Waals surface area contributed by atoms with E-state index in [0.29, 0.717) is 69.2 Å². The zero-order chi connectivity index (χ0) is 25.2. The molecule has 2 aliphatic rings. The molecular formula is C23H26ClF2N7O3. The second kappa shape index (κ2) is 10.5. The van der Waals surface area contributed by atoms with Crippen LogP contribution >= 0.6 is 11.6 Å². The van der Waals surface area contributed by atoms with Gasteiger partial charge in [-0.25, -0.2) is 13.8 Å². The van der Waals surface area contributed by atoms with Crippen molar-refractivity contribution >= 4 is 34.5 Å². The molecule has 0 aliphatic carbocycles. The maximum absolute atomic E-state index is 14.1. The van der Waals surface area contributed by atoms with Gasteiger partial charge < -0.3 is 19.3 Å². The lowest BCUT2D eigenvalue weighted by atomic mass is 10.1. The average Bonchev–Trinajstić information content (AvgIpc) is 3.30. The molecule has 0 spiro atoms. The number of hydrogen-bond donors (Lipinski definition) is 0. The molecule has 13 heteroatoms. The van der Waals surface area contributed by atoms with Gasteiger partial charge in [0.2, 0.25) is 17.8 Å². The van der Waals surface area contributed by atoms with Gasteiger partial charge in [0.25, 0.3) is 6.43 Å². The number of aryl methyl sites for hydroxylation is 1. The molecule has 0 radical (unpaired) electrons. The summed E-state index contributed by atoms with van der Waals surface area (Å²) >= 11 is 5.67. The number of halogens is 3. The summed E-state index contributed by atoms with van der Waals surface area (Å²) in [6.45, 7) is 4.92. The number of imidazole rings is 1. The van der Waals surface area contributed by atoms with Crippen molar-refractivity contribution in [1.29, 1.82) is 0 Å². The van der Waals surface area contributed by atoms with Crippen molar-refractivity contribution in [2.75, 3.05) is 50.2 Å². The topological polar surface area (TPSA) is 98.5 Å². The third-order valence-corrected chi connectivity index (χ3v) is 6.60. The fourth-order valence-corrected chi connectivity index (χ4v) is 4.63. The summed E-state index contributed by atoms with van der Waals surface area (Å²) in [7, 11) is 0. The Morgan fingerprint density at radius 1 is 1.11 bits per heavy atom. The van der Waals surface area contributed by atoms with Crippen LogP contribution in [0.1, 0.15) is 30.7 Å². The van der Waals surface area contributed by atoms with E-state index in [1.165, 1.54) is 4.57 Å². The lowest BCUT2D eigenvalue weighted by Crippen LogP contribution is -2.42. The maximum atomic E-state index is 14.1. The van der Waals surface area contributed by atoms with E-state index in [9.17, 15) is 13.6 Å². The van der Waals surface area contributed by atoms with Gasteiger partial charge >= 0.3 is 6.01 Å². The summed E-state index contributed by atoms with van der Waals surface area (Å²) in [5, 5.41) is 0. The molecule has 2 fully saturated rings. The predicted molar refractivity (Wildman–Crippen MR) is 128 cm³/mol. The van der Waals surface area contributed by atoms with Gasteiger partial charge in [-0.2, -0.15) is 15.0 Å². The lowest BCUT2D eigenvalue weighted by Gasteiger charge is -2.31. The Bertz CT molecular complexity index is 1240. The summed E-state index contributed by atoms with van der Waals surface area (Å²) in [6.07, 6.45) is -1.93. The van der Waals surface area contributed by atoms with Crippen LogP contribution in [-0.2, 0) is 9.53 Å². The van der Waals surface area contributed by atoms with Crippen LogP contribution in [0.5, 0.6) is 6.01 Å². The molecule has 0 saturated carbocycles. The van der Waals surface area contributed by atoms with Crippen molar-refractivity contribution < 1.29 is 23.0 Å². The van der Waals surface area contributed by atoms with Crippen LogP contribution in [0.15, 0.2) is 18.2 Å². The third-order valence-electron chi connectivity index (χ3n) is 6.37. The first kappa shape index (κ1) is 24.6. The van der Waals surface area contributed by atoms with Crippen LogP contribution in [0.4, 0.5) is 14.7 Å². The minimum Gasteiger partial charge on any atom is -0.460 e. The highest BCUT2D eigenvalue weighted by Crippen LogP contribution is 2.30. The number of anilines is 1. The average molecular weight is 522 g/mol. The van der Waals surface area contributed by atoms with Crippen molar-refractivity contribution in [3.8, 4) is 12.0 Å². The van der Waals surface area contributed by atoms with Crippen LogP contribution in [0.2, 0.25) is 0 Å². The highest BCUT2D eigenvalue weighted by atomic mass is 35.5. The van der Waals surface area contributed by atoms with Crippen molar-refractivity contribution in [3.05, 3.63) is 29.6 Å². The molecule has 0 atom stereocenters. The molecule has 4 heterocycles. The van der Waals surface area contributed by atoms with Crippen LogP contribution in [0.3, 0.4) is 0 Å². The van der Waals surface area contributed by atoms with E-state index in [1.54, 1.807) is 17.0 Å². The summed E-state index contributed by atoms with van der Waals surface area (Å²) in [5.74, 6) is -0.288. The molecule has 5 rings (SSSR count). The second-order valence-corrected chi connectivity index (χ2v) is 8.97. The van der Waals surface area contributed by atoms with Crippen LogP contribution in [0.25, 0.3) is 17.0 Å². The van der Waals surface area contributed by atoms with E-state index in [1.807, 2.05) is 17.9 Å². The molecule has 0 unspecified atom stereocenters. The molecule has 0 bridgehead atoms. The fourth-order valence-electron chi connectivity index (χ4n) is 4.46.